The zero-order valence-corrected chi connectivity index (χ0v) is 13.0. The number of unbranched alkanes of at least 4 members (excludes halogenated alkanes) is 1. The van der Waals surface area contributed by atoms with E-state index in [1.54, 1.807) is 0 Å². The van der Waals surface area contributed by atoms with Crippen LogP contribution in [0.2, 0.25) is 0 Å². The van der Waals surface area contributed by atoms with E-state index in [1.165, 1.54) is 18.4 Å². The molecule has 0 bridgehead atoms. The van der Waals surface area contributed by atoms with E-state index < -0.39 is 0 Å². The van der Waals surface area contributed by atoms with E-state index in [2.05, 4.69) is 41.8 Å². The molecule has 1 amide bonds. The molecule has 0 heterocycles. The van der Waals surface area contributed by atoms with Gasteiger partial charge in [0.1, 0.15) is 0 Å². The van der Waals surface area contributed by atoms with Gasteiger partial charge in [0.2, 0.25) is 5.91 Å². The number of benzene rings is 1. The van der Waals surface area contributed by atoms with Crippen molar-refractivity contribution in [1.29, 1.82) is 0 Å². The topological polar surface area (TPSA) is 41.1 Å². The van der Waals surface area contributed by atoms with E-state index >= 15 is 0 Å². The summed E-state index contributed by atoms with van der Waals surface area (Å²) < 4.78 is 0. The predicted molar refractivity (Wildman–Crippen MR) is 84.6 cm³/mol. The van der Waals surface area contributed by atoms with Crippen molar-refractivity contribution in [3.05, 3.63) is 35.9 Å². The van der Waals surface area contributed by atoms with Crippen molar-refractivity contribution in [1.82, 2.24) is 10.6 Å². The van der Waals surface area contributed by atoms with Crippen molar-refractivity contribution in [3.8, 4) is 0 Å². The van der Waals surface area contributed by atoms with Crippen LogP contribution in [-0.4, -0.2) is 19.0 Å². The molecule has 20 heavy (non-hydrogen) atoms. The van der Waals surface area contributed by atoms with Crippen molar-refractivity contribution < 1.29 is 4.79 Å². The molecule has 1 rings (SSSR count). The van der Waals surface area contributed by atoms with Gasteiger partial charge in [0.25, 0.3) is 0 Å². The first-order valence-corrected chi connectivity index (χ1v) is 7.71. The summed E-state index contributed by atoms with van der Waals surface area (Å²) in [7, 11) is 0. The van der Waals surface area contributed by atoms with Crippen molar-refractivity contribution >= 4 is 5.91 Å². The minimum Gasteiger partial charge on any atom is -0.355 e. The Kier molecular flexibility index (Phi) is 7.97. The van der Waals surface area contributed by atoms with Crippen molar-refractivity contribution in [2.75, 3.05) is 13.1 Å². The van der Waals surface area contributed by atoms with Gasteiger partial charge < -0.3 is 10.6 Å². The zero-order chi connectivity index (χ0) is 14.8. The Morgan fingerprint density at radius 3 is 2.45 bits per heavy atom. The van der Waals surface area contributed by atoms with Crippen LogP contribution in [0, 0.1) is 5.92 Å². The fourth-order valence-electron chi connectivity index (χ4n) is 2.12. The van der Waals surface area contributed by atoms with Crippen LogP contribution in [0.4, 0.5) is 0 Å². The quantitative estimate of drug-likeness (QED) is 0.680. The van der Waals surface area contributed by atoms with Crippen LogP contribution in [-0.2, 0) is 4.79 Å². The Hall–Kier alpha value is -1.35. The third-order valence-corrected chi connectivity index (χ3v) is 3.39. The molecule has 0 spiro atoms. The average molecular weight is 276 g/mol. The maximum absolute atomic E-state index is 11.5. The Morgan fingerprint density at radius 1 is 1.15 bits per heavy atom. The fraction of sp³-hybridized carbons (Fsp3) is 0.588. The normalized spacial score (nSPS) is 12.4. The van der Waals surface area contributed by atoms with Gasteiger partial charge in [-0.2, -0.15) is 0 Å². The smallest absolute Gasteiger partial charge is 0.222 e. The molecular weight excluding hydrogens is 248 g/mol. The molecule has 0 saturated heterocycles. The number of rotatable bonds is 9. The third kappa shape index (κ3) is 6.20. The molecule has 1 aromatic rings. The molecule has 1 unspecified atom stereocenters. The first-order valence-electron chi connectivity index (χ1n) is 7.71. The average Bonchev–Trinajstić information content (AvgIpc) is 2.47. The van der Waals surface area contributed by atoms with E-state index in [9.17, 15) is 4.79 Å². The molecule has 0 saturated carbocycles. The third-order valence-electron chi connectivity index (χ3n) is 3.39. The Balaban J connectivity index is 2.40. The summed E-state index contributed by atoms with van der Waals surface area (Å²) in [6, 6.07) is 10.9. The fourth-order valence-corrected chi connectivity index (χ4v) is 2.12. The highest BCUT2D eigenvalue weighted by Crippen LogP contribution is 2.18. The van der Waals surface area contributed by atoms with Crippen LogP contribution in [0.1, 0.15) is 51.6 Å². The maximum Gasteiger partial charge on any atom is 0.222 e. The summed E-state index contributed by atoms with van der Waals surface area (Å²) >= 11 is 0. The molecule has 1 atom stereocenters. The lowest BCUT2D eigenvalue weighted by Gasteiger charge is -2.19. The Bertz CT molecular complexity index is 376. The van der Waals surface area contributed by atoms with Crippen molar-refractivity contribution in [2.24, 2.45) is 5.92 Å². The predicted octanol–water partition coefficient (Wildman–Crippen LogP) is 3.28. The summed E-state index contributed by atoms with van der Waals surface area (Å²) in [5.74, 6) is 0.177. The molecular formula is C17H28N2O. The van der Waals surface area contributed by atoms with Gasteiger partial charge in [-0.15, -0.1) is 0 Å². The van der Waals surface area contributed by atoms with Gasteiger partial charge in [-0.05, 0) is 12.0 Å². The van der Waals surface area contributed by atoms with Gasteiger partial charge in [0.15, 0.2) is 0 Å². The highest BCUT2D eigenvalue weighted by Gasteiger charge is 2.10. The second kappa shape index (κ2) is 9.54. The van der Waals surface area contributed by atoms with E-state index in [4.69, 9.17) is 0 Å². The van der Waals surface area contributed by atoms with E-state index in [0.717, 1.165) is 13.0 Å². The molecule has 0 aliphatic heterocycles. The molecule has 112 valence electrons. The standard InChI is InChI=1S/C17H28N2O/c1-4-5-11-16(15-9-7-6-8-10-15)18-12-13-19-17(20)14(2)3/h6-10,14,16,18H,4-5,11-13H2,1-3H3,(H,19,20). The lowest BCUT2D eigenvalue weighted by Crippen LogP contribution is -2.35. The molecule has 0 radical (unpaired) electrons. The van der Waals surface area contributed by atoms with Crippen LogP contribution in [0.5, 0.6) is 0 Å². The number of hydrogen-bond acceptors (Lipinski definition) is 2. The van der Waals surface area contributed by atoms with Gasteiger partial charge in [-0.1, -0.05) is 63.9 Å². The summed E-state index contributed by atoms with van der Waals surface area (Å²) in [6.45, 7) is 7.53. The van der Waals surface area contributed by atoms with E-state index in [-0.39, 0.29) is 11.8 Å². The van der Waals surface area contributed by atoms with Crippen LogP contribution in [0.15, 0.2) is 30.3 Å². The van der Waals surface area contributed by atoms with Crippen molar-refractivity contribution in [3.63, 3.8) is 0 Å². The highest BCUT2D eigenvalue weighted by atomic mass is 16.1. The second-order valence-electron chi connectivity index (χ2n) is 5.51. The highest BCUT2D eigenvalue weighted by molar-refractivity contribution is 5.77. The van der Waals surface area contributed by atoms with Crippen molar-refractivity contribution in [2.45, 2.75) is 46.1 Å². The monoisotopic (exact) mass is 276 g/mol. The van der Waals surface area contributed by atoms with E-state index in [1.807, 2.05) is 19.9 Å². The molecule has 3 heteroatoms. The number of amides is 1. The summed E-state index contributed by atoms with van der Waals surface area (Å²) in [4.78, 5) is 11.5. The Labute approximate surface area is 123 Å². The molecule has 0 aliphatic carbocycles. The second-order valence-corrected chi connectivity index (χ2v) is 5.51. The summed E-state index contributed by atoms with van der Waals surface area (Å²) in [6.07, 6.45) is 3.55. The first kappa shape index (κ1) is 16.7. The van der Waals surface area contributed by atoms with Gasteiger partial charge in [-0.3, -0.25) is 4.79 Å². The minimum atomic E-state index is 0.0556. The largest absolute Gasteiger partial charge is 0.355 e. The van der Waals surface area contributed by atoms with Gasteiger partial charge in [-0.25, -0.2) is 0 Å². The van der Waals surface area contributed by atoms with Gasteiger partial charge in [0, 0.05) is 25.0 Å². The minimum absolute atomic E-state index is 0.0556. The first-order chi connectivity index (χ1) is 9.65. The number of nitrogens with one attached hydrogen (secondary N) is 2. The van der Waals surface area contributed by atoms with Gasteiger partial charge in [0.05, 0.1) is 0 Å². The summed E-state index contributed by atoms with van der Waals surface area (Å²) in [5.41, 5.74) is 1.33. The number of carbonyl (C=O) groups is 1. The lowest BCUT2D eigenvalue weighted by molar-refractivity contribution is -0.123. The SMILES string of the molecule is CCCCC(NCCNC(=O)C(C)C)c1ccccc1. The zero-order valence-electron chi connectivity index (χ0n) is 13.0. The number of hydrogen-bond donors (Lipinski definition) is 2. The number of carbonyl (C=O) groups excluding carboxylic acids is 1. The van der Waals surface area contributed by atoms with Crippen LogP contribution >= 0.6 is 0 Å². The van der Waals surface area contributed by atoms with Crippen LogP contribution in [0.3, 0.4) is 0 Å². The molecule has 3 nitrogen and oxygen atoms in total. The molecule has 0 fully saturated rings. The van der Waals surface area contributed by atoms with Crippen LogP contribution in [0.25, 0.3) is 0 Å². The molecule has 0 aliphatic rings. The maximum atomic E-state index is 11.5. The lowest BCUT2D eigenvalue weighted by atomic mass is 10.0. The molecule has 1 aromatic carbocycles. The molecule has 0 aromatic heterocycles. The Morgan fingerprint density at radius 2 is 1.85 bits per heavy atom. The summed E-state index contributed by atoms with van der Waals surface area (Å²) in [5, 5.41) is 6.49. The van der Waals surface area contributed by atoms with Gasteiger partial charge >= 0.3 is 0 Å². The molecule has 2 N–H and O–H groups in total. The van der Waals surface area contributed by atoms with E-state index in [0.29, 0.717) is 12.6 Å². The van der Waals surface area contributed by atoms with Crippen LogP contribution < -0.4 is 10.6 Å².